The number of methoxy groups -OCH3 is 2. The molecule has 0 saturated heterocycles. The summed E-state index contributed by atoms with van der Waals surface area (Å²) < 4.78 is 36.9. The quantitative estimate of drug-likeness (QED) is 0.538. The molecule has 0 heterocycles. The molecular weight excluding hydrogens is 422 g/mol. The second-order valence-electron chi connectivity index (χ2n) is 6.37. The Labute approximate surface area is 181 Å². The molecule has 0 radical (unpaired) electrons. The van der Waals surface area contributed by atoms with Crippen molar-refractivity contribution >= 4 is 27.5 Å². The first-order valence-electron chi connectivity index (χ1n) is 9.21. The van der Waals surface area contributed by atoms with Crippen molar-refractivity contribution in [2.75, 3.05) is 39.7 Å². The summed E-state index contributed by atoms with van der Waals surface area (Å²) in [6.07, 6.45) is 1.53. The highest BCUT2D eigenvalue weighted by Crippen LogP contribution is 2.30. The lowest BCUT2D eigenvalue weighted by molar-refractivity contribution is -0.116. The van der Waals surface area contributed by atoms with Crippen LogP contribution >= 0.6 is 0 Å². The van der Waals surface area contributed by atoms with Crippen LogP contribution in [0.5, 0.6) is 11.5 Å². The second-order valence-corrected chi connectivity index (χ2v) is 8.42. The van der Waals surface area contributed by atoms with Gasteiger partial charge >= 0.3 is 0 Å². The highest BCUT2D eigenvalue weighted by molar-refractivity contribution is 7.89. The van der Waals surface area contributed by atoms with Gasteiger partial charge in [0.05, 0.1) is 36.9 Å². The van der Waals surface area contributed by atoms with E-state index in [2.05, 4.69) is 17.2 Å². The Bertz CT molecular complexity index is 1070. The van der Waals surface area contributed by atoms with Crippen molar-refractivity contribution in [1.29, 1.82) is 0 Å². The van der Waals surface area contributed by atoms with Gasteiger partial charge in [0.15, 0.2) is 11.5 Å². The van der Waals surface area contributed by atoms with Gasteiger partial charge in [-0.3, -0.25) is 9.59 Å². The number of rotatable bonds is 10. The Hall–Kier alpha value is -3.37. The van der Waals surface area contributed by atoms with Crippen molar-refractivity contribution in [3.05, 3.63) is 60.7 Å². The number of hydrogen-bond acceptors (Lipinski definition) is 6. The van der Waals surface area contributed by atoms with Crippen molar-refractivity contribution in [2.24, 2.45) is 0 Å². The lowest BCUT2D eigenvalue weighted by atomic mass is 10.1. The summed E-state index contributed by atoms with van der Waals surface area (Å²) in [5, 5.41) is 5.22. The van der Waals surface area contributed by atoms with Gasteiger partial charge in [0.1, 0.15) is 0 Å². The predicted molar refractivity (Wildman–Crippen MR) is 117 cm³/mol. The Morgan fingerprint density at radius 3 is 2.42 bits per heavy atom. The average Bonchev–Trinajstić information content (AvgIpc) is 2.77. The van der Waals surface area contributed by atoms with Crippen LogP contribution in [-0.4, -0.2) is 58.9 Å². The number of amides is 2. The van der Waals surface area contributed by atoms with Gasteiger partial charge in [-0.05, 0) is 24.3 Å². The molecule has 10 heteroatoms. The van der Waals surface area contributed by atoms with Gasteiger partial charge in [0, 0.05) is 19.7 Å². The number of anilines is 1. The van der Waals surface area contributed by atoms with Crippen LogP contribution in [-0.2, 0) is 14.8 Å². The van der Waals surface area contributed by atoms with Crippen LogP contribution in [0.25, 0.3) is 0 Å². The molecule has 31 heavy (non-hydrogen) atoms. The van der Waals surface area contributed by atoms with Crippen LogP contribution in [0.15, 0.2) is 60.0 Å². The fourth-order valence-corrected chi connectivity index (χ4v) is 3.83. The Kier molecular flexibility index (Phi) is 8.17. The minimum Gasteiger partial charge on any atom is -0.493 e. The lowest BCUT2D eigenvalue weighted by Crippen LogP contribution is -2.35. The number of benzene rings is 2. The summed E-state index contributed by atoms with van der Waals surface area (Å²) in [5.41, 5.74) is 0.522. The molecule has 0 aliphatic heterocycles. The van der Waals surface area contributed by atoms with E-state index in [0.29, 0.717) is 5.75 Å². The fraction of sp³-hybridized carbons (Fsp3) is 0.238. The molecule has 2 rings (SSSR count). The standard InChI is InChI=1S/C21H25N3O6S/c1-5-12-22-21(26)16-8-6-7-9-17(16)23-20(25)14-24(2)31(27,28)15-10-11-18(29-3)19(13-15)30-4/h5-11,13H,1,12,14H2,2-4H3,(H,22,26)(H,23,25). The smallest absolute Gasteiger partial charge is 0.253 e. The largest absolute Gasteiger partial charge is 0.493 e. The van der Waals surface area contributed by atoms with Crippen molar-refractivity contribution in [2.45, 2.75) is 4.90 Å². The molecule has 0 bridgehead atoms. The second kappa shape index (κ2) is 10.6. The minimum absolute atomic E-state index is 0.0512. The van der Waals surface area contributed by atoms with Gasteiger partial charge in [-0.15, -0.1) is 6.58 Å². The number of hydrogen-bond donors (Lipinski definition) is 2. The van der Waals surface area contributed by atoms with Crippen LogP contribution < -0.4 is 20.1 Å². The van der Waals surface area contributed by atoms with Crippen LogP contribution in [0.4, 0.5) is 5.69 Å². The number of nitrogens with zero attached hydrogens (tertiary/aromatic N) is 1. The molecule has 2 amide bonds. The Balaban J connectivity index is 2.16. The predicted octanol–water partition coefficient (Wildman–Crippen LogP) is 1.88. The monoisotopic (exact) mass is 447 g/mol. The molecule has 0 aliphatic rings. The molecule has 0 saturated carbocycles. The number of nitrogens with one attached hydrogen (secondary N) is 2. The SMILES string of the molecule is C=CCNC(=O)c1ccccc1NC(=O)CN(C)S(=O)(=O)c1ccc(OC)c(OC)c1. The summed E-state index contributed by atoms with van der Waals surface area (Å²) in [6, 6.07) is 10.6. The number of sulfonamides is 1. The van der Waals surface area contributed by atoms with Gasteiger partial charge in [-0.2, -0.15) is 4.31 Å². The van der Waals surface area contributed by atoms with E-state index in [9.17, 15) is 18.0 Å². The third kappa shape index (κ3) is 5.83. The number of para-hydroxylation sites is 1. The lowest BCUT2D eigenvalue weighted by Gasteiger charge is -2.18. The van der Waals surface area contributed by atoms with Crippen LogP contribution in [0, 0.1) is 0 Å². The number of carbonyl (C=O) groups excluding carboxylic acids is 2. The summed E-state index contributed by atoms with van der Waals surface area (Å²) in [4.78, 5) is 24.7. The normalized spacial score (nSPS) is 11.0. The van der Waals surface area contributed by atoms with E-state index in [4.69, 9.17) is 9.47 Å². The van der Waals surface area contributed by atoms with E-state index in [1.807, 2.05) is 0 Å². The van der Waals surface area contributed by atoms with Crippen LogP contribution in [0.2, 0.25) is 0 Å². The van der Waals surface area contributed by atoms with Gasteiger partial charge < -0.3 is 20.1 Å². The van der Waals surface area contributed by atoms with E-state index in [1.54, 1.807) is 24.3 Å². The highest BCUT2D eigenvalue weighted by Gasteiger charge is 2.25. The topological polar surface area (TPSA) is 114 Å². The highest BCUT2D eigenvalue weighted by atomic mass is 32.2. The molecular formula is C21H25N3O6S. The number of carbonyl (C=O) groups is 2. The van der Waals surface area contributed by atoms with Crippen molar-refractivity contribution < 1.29 is 27.5 Å². The summed E-state index contributed by atoms with van der Waals surface area (Å²) in [7, 11) is 0.150. The van der Waals surface area contributed by atoms with Gasteiger partial charge in [-0.25, -0.2) is 8.42 Å². The molecule has 2 N–H and O–H groups in total. The molecule has 0 spiro atoms. The summed E-state index contributed by atoms with van der Waals surface area (Å²) in [6.45, 7) is 3.35. The van der Waals surface area contributed by atoms with Gasteiger partial charge in [0.25, 0.3) is 5.91 Å². The van der Waals surface area contributed by atoms with E-state index in [1.165, 1.54) is 45.5 Å². The third-order valence-corrected chi connectivity index (χ3v) is 6.08. The fourth-order valence-electron chi connectivity index (χ4n) is 2.68. The third-order valence-electron chi connectivity index (χ3n) is 4.28. The zero-order valence-electron chi connectivity index (χ0n) is 17.5. The molecule has 2 aromatic carbocycles. The van der Waals surface area contributed by atoms with Gasteiger partial charge in [0.2, 0.25) is 15.9 Å². The van der Waals surface area contributed by atoms with E-state index < -0.39 is 22.5 Å². The summed E-state index contributed by atoms with van der Waals surface area (Å²) >= 11 is 0. The molecule has 0 fully saturated rings. The average molecular weight is 448 g/mol. The van der Waals surface area contributed by atoms with E-state index >= 15 is 0 Å². The Morgan fingerprint density at radius 2 is 1.77 bits per heavy atom. The van der Waals surface area contributed by atoms with Crippen molar-refractivity contribution in [3.63, 3.8) is 0 Å². The van der Waals surface area contributed by atoms with Crippen molar-refractivity contribution in [3.8, 4) is 11.5 Å². The van der Waals surface area contributed by atoms with E-state index in [-0.39, 0.29) is 34.3 Å². The maximum absolute atomic E-state index is 12.9. The molecule has 2 aromatic rings. The first kappa shape index (κ1) is 23.9. The summed E-state index contributed by atoms with van der Waals surface area (Å²) in [5.74, 6) is -0.355. The first-order chi connectivity index (χ1) is 14.7. The number of ether oxygens (including phenoxy) is 2. The van der Waals surface area contributed by atoms with E-state index in [0.717, 1.165) is 4.31 Å². The number of likely N-dealkylation sites (N-methyl/N-ethyl adjacent to an activating group) is 1. The molecule has 0 atom stereocenters. The molecule has 9 nitrogen and oxygen atoms in total. The maximum atomic E-state index is 12.9. The van der Waals surface area contributed by atoms with Crippen molar-refractivity contribution in [1.82, 2.24) is 9.62 Å². The minimum atomic E-state index is -3.98. The molecule has 0 aromatic heterocycles. The van der Waals surface area contributed by atoms with Crippen LogP contribution in [0.3, 0.4) is 0 Å². The maximum Gasteiger partial charge on any atom is 0.253 e. The molecule has 0 unspecified atom stereocenters. The molecule has 166 valence electrons. The Morgan fingerprint density at radius 1 is 1.10 bits per heavy atom. The first-order valence-corrected chi connectivity index (χ1v) is 10.6. The zero-order valence-corrected chi connectivity index (χ0v) is 18.4. The van der Waals surface area contributed by atoms with Gasteiger partial charge in [-0.1, -0.05) is 18.2 Å². The molecule has 0 aliphatic carbocycles. The van der Waals surface area contributed by atoms with Crippen LogP contribution in [0.1, 0.15) is 10.4 Å². The zero-order chi connectivity index (χ0) is 23.0.